The molecule has 0 radical (unpaired) electrons. The lowest BCUT2D eigenvalue weighted by Crippen LogP contribution is -2.24. The van der Waals surface area contributed by atoms with Crippen molar-refractivity contribution >= 4 is 25.8 Å². The number of rotatable bonds is 6. The molecule has 0 aliphatic carbocycles. The maximum atomic E-state index is 11.3. The van der Waals surface area contributed by atoms with Crippen LogP contribution in [-0.2, 0) is 23.4 Å². The average molecular weight is 324 g/mol. The Hall–Kier alpha value is -0.400. The van der Waals surface area contributed by atoms with Crippen LogP contribution in [0.25, 0.3) is 0 Å². The summed E-state index contributed by atoms with van der Waals surface area (Å²) in [5.74, 6) is 0.376. The smallest absolute Gasteiger partial charge is 0.151 e. The number of aryl methyl sites for hydroxylation is 2. The zero-order valence-corrected chi connectivity index (χ0v) is 12.7. The first-order chi connectivity index (χ1) is 7.87. The van der Waals surface area contributed by atoms with Crippen molar-refractivity contribution in [3.05, 3.63) is 15.9 Å². The first-order valence-electron chi connectivity index (χ1n) is 5.46. The van der Waals surface area contributed by atoms with E-state index in [4.69, 9.17) is 0 Å². The topological polar surface area (TPSA) is 64.0 Å². The largest absolute Gasteiger partial charge is 0.310 e. The molecule has 7 heteroatoms. The summed E-state index contributed by atoms with van der Waals surface area (Å²) in [5.41, 5.74) is 1.96. The fraction of sp³-hybridized carbons (Fsp3) is 0.700. The third-order valence-corrected chi connectivity index (χ3v) is 5.32. The third kappa shape index (κ3) is 4.08. The van der Waals surface area contributed by atoms with E-state index in [1.807, 2.05) is 14.0 Å². The van der Waals surface area contributed by atoms with E-state index in [1.54, 1.807) is 11.6 Å². The fourth-order valence-electron chi connectivity index (χ4n) is 1.45. The van der Waals surface area contributed by atoms with Gasteiger partial charge < -0.3 is 5.32 Å². The Kier molecular flexibility index (Phi) is 5.15. The van der Waals surface area contributed by atoms with Crippen molar-refractivity contribution in [3.63, 3.8) is 0 Å². The van der Waals surface area contributed by atoms with Gasteiger partial charge in [0.05, 0.1) is 21.6 Å². The molecule has 1 aromatic rings. The Morgan fingerprint density at radius 2 is 2.12 bits per heavy atom. The highest BCUT2D eigenvalue weighted by atomic mass is 79.9. The normalized spacial score (nSPS) is 12.0. The summed E-state index contributed by atoms with van der Waals surface area (Å²) in [6.07, 6.45) is 0. The minimum Gasteiger partial charge on any atom is -0.310 e. The summed E-state index contributed by atoms with van der Waals surface area (Å²) in [7, 11) is -1.01. The van der Waals surface area contributed by atoms with Crippen molar-refractivity contribution in [3.8, 4) is 0 Å². The van der Waals surface area contributed by atoms with Gasteiger partial charge in [-0.2, -0.15) is 5.10 Å². The van der Waals surface area contributed by atoms with Crippen LogP contribution in [0.1, 0.15) is 18.3 Å². The molecule has 0 aliphatic heterocycles. The summed E-state index contributed by atoms with van der Waals surface area (Å²) < 4.78 is 25.3. The molecular weight excluding hydrogens is 306 g/mol. The second-order valence-electron chi connectivity index (χ2n) is 3.88. The van der Waals surface area contributed by atoms with Crippen LogP contribution in [0.5, 0.6) is 0 Å². The van der Waals surface area contributed by atoms with Gasteiger partial charge in [-0.3, -0.25) is 4.68 Å². The lowest BCUT2D eigenvalue weighted by molar-refractivity contribution is 0.588. The van der Waals surface area contributed by atoms with Gasteiger partial charge in [0.1, 0.15) is 0 Å². The van der Waals surface area contributed by atoms with E-state index in [0.29, 0.717) is 13.1 Å². The summed E-state index contributed by atoms with van der Waals surface area (Å²) in [6.45, 7) is 4.66. The SMILES string of the molecule is CCS(=O)(=O)CCNCc1c(Br)c(C)nn1C. The molecule has 0 fully saturated rings. The van der Waals surface area contributed by atoms with Gasteiger partial charge in [0.2, 0.25) is 0 Å². The Morgan fingerprint density at radius 1 is 1.47 bits per heavy atom. The second-order valence-corrected chi connectivity index (χ2v) is 7.15. The van der Waals surface area contributed by atoms with Crippen molar-refractivity contribution in [1.29, 1.82) is 0 Å². The first-order valence-corrected chi connectivity index (χ1v) is 8.08. The van der Waals surface area contributed by atoms with Gasteiger partial charge in [-0.1, -0.05) is 6.92 Å². The molecule has 0 bridgehead atoms. The fourth-order valence-corrected chi connectivity index (χ4v) is 2.67. The van der Waals surface area contributed by atoms with Crippen molar-refractivity contribution in [2.75, 3.05) is 18.1 Å². The van der Waals surface area contributed by atoms with Crippen molar-refractivity contribution in [1.82, 2.24) is 15.1 Å². The number of halogens is 1. The molecule has 1 aromatic heterocycles. The van der Waals surface area contributed by atoms with Gasteiger partial charge in [0.15, 0.2) is 9.84 Å². The summed E-state index contributed by atoms with van der Waals surface area (Å²) in [5, 5.41) is 7.38. The molecule has 1 rings (SSSR count). The molecule has 17 heavy (non-hydrogen) atoms. The molecule has 0 atom stereocenters. The highest BCUT2D eigenvalue weighted by Gasteiger charge is 2.11. The van der Waals surface area contributed by atoms with Gasteiger partial charge in [-0.25, -0.2) is 8.42 Å². The quantitative estimate of drug-likeness (QED) is 0.794. The van der Waals surface area contributed by atoms with Crippen molar-refractivity contribution in [2.45, 2.75) is 20.4 Å². The molecule has 0 aromatic carbocycles. The zero-order chi connectivity index (χ0) is 13.1. The molecule has 0 spiro atoms. The van der Waals surface area contributed by atoms with Crippen molar-refractivity contribution < 1.29 is 8.42 Å². The van der Waals surface area contributed by atoms with E-state index < -0.39 is 9.84 Å². The predicted octanol–water partition coefficient (Wildman–Crippen LogP) is 1.02. The molecule has 1 N–H and O–H groups in total. The second kappa shape index (κ2) is 5.97. The molecule has 0 amide bonds. The summed E-state index contributed by atoms with van der Waals surface area (Å²) in [6, 6.07) is 0. The molecular formula is C10H18BrN3O2S. The number of hydrogen-bond donors (Lipinski definition) is 1. The van der Waals surface area contributed by atoms with Crippen molar-refractivity contribution in [2.24, 2.45) is 7.05 Å². The zero-order valence-electron chi connectivity index (χ0n) is 10.3. The van der Waals surface area contributed by atoms with Crippen LogP contribution in [0.15, 0.2) is 4.47 Å². The minimum atomic E-state index is -2.89. The Bertz CT molecular complexity index is 482. The Balaban J connectivity index is 2.47. The van der Waals surface area contributed by atoms with Crippen LogP contribution in [-0.4, -0.2) is 36.2 Å². The standard InChI is InChI=1S/C10H18BrN3O2S/c1-4-17(15,16)6-5-12-7-9-10(11)8(2)13-14(9)3/h12H,4-7H2,1-3H3. The maximum absolute atomic E-state index is 11.3. The monoisotopic (exact) mass is 323 g/mol. The van der Waals surface area contributed by atoms with Gasteiger partial charge in [-0.05, 0) is 22.9 Å². The van der Waals surface area contributed by atoms with Crippen LogP contribution in [0.3, 0.4) is 0 Å². The van der Waals surface area contributed by atoms with E-state index in [1.165, 1.54) is 0 Å². The third-order valence-electron chi connectivity index (χ3n) is 2.58. The number of aromatic nitrogens is 2. The number of nitrogens with zero attached hydrogens (tertiary/aromatic N) is 2. The summed E-state index contributed by atoms with van der Waals surface area (Å²) in [4.78, 5) is 0. The van der Waals surface area contributed by atoms with Crippen LogP contribution >= 0.6 is 15.9 Å². The number of sulfone groups is 1. The van der Waals surface area contributed by atoms with Crippen LogP contribution < -0.4 is 5.32 Å². The molecule has 0 saturated carbocycles. The predicted molar refractivity (Wildman–Crippen MR) is 71.7 cm³/mol. The Labute approximate surface area is 111 Å². The highest BCUT2D eigenvalue weighted by Crippen LogP contribution is 2.19. The number of nitrogens with one attached hydrogen (secondary N) is 1. The van der Waals surface area contributed by atoms with Gasteiger partial charge in [0, 0.05) is 25.9 Å². The maximum Gasteiger partial charge on any atom is 0.151 e. The molecule has 0 unspecified atom stereocenters. The van der Waals surface area contributed by atoms with Gasteiger partial charge in [-0.15, -0.1) is 0 Å². The van der Waals surface area contributed by atoms with E-state index in [9.17, 15) is 8.42 Å². The molecule has 5 nitrogen and oxygen atoms in total. The van der Waals surface area contributed by atoms with Crippen LogP contribution in [0.4, 0.5) is 0 Å². The Morgan fingerprint density at radius 3 is 2.59 bits per heavy atom. The van der Waals surface area contributed by atoms with Gasteiger partial charge in [0.25, 0.3) is 0 Å². The minimum absolute atomic E-state index is 0.179. The lowest BCUT2D eigenvalue weighted by atomic mass is 10.3. The molecule has 1 heterocycles. The van der Waals surface area contributed by atoms with Crippen LogP contribution in [0.2, 0.25) is 0 Å². The van der Waals surface area contributed by atoms with Gasteiger partial charge >= 0.3 is 0 Å². The molecule has 0 saturated heterocycles. The molecule has 0 aliphatic rings. The van der Waals surface area contributed by atoms with E-state index in [2.05, 4.69) is 26.3 Å². The van der Waals surface area contributed by atoms with E-state index in [-0.39, 0.29) is 11.5 Å². The lowest BCUT2D eigenvalue weighted by Gasteiger charge is -2.06. The van der Waals surface area contributed by atoms with E-state index >= 15 is 0 Å². The van der Waals surface area contributed by atoms with E-state index in [0.717, 1.165) is 15.9 Å². The highest BCUT2D eigenvalue weighted by molar-refractivity contribution is 9.10. The number of hydrogen-bond acceptors (Lipinski definition) is 4. The average Bonchev–Trinajstić information content (AvgIpc) is 2.50. The summed E-state index contributed by atoms with van der Waals surface area (Å²) >= 11 is 3.46. The molecule has 98 valence electrons. The first kappa shape index (κ1) is 14.7. The van der Waals surface area contributed by atoms with Crippen LogP contribution in [0, 0.1) is 6.92 Å².